The van der Waals surface area contributed by atoms with Crippen LogP contribution in [0.4, 0.5) is 23.2 Å². The Balaban J connectivity index is 1.66. The van der Waals surface area contributed by atoms with Crippen LogP contribution in [-0.2, 0) is 11.0 Å². The Morgan fingerprint density at radius 1 is 1.18 bits per heavy atom. The number of aromatic nitrogens is 3. The first-order chi connectivity index (χ1) is 13.2. The second kappa shape index (κ2) is 8.01. The van der Waals surface area contributed by atoms with Crippen LogP contribution in [0.2, 0.25) is 0 Å². The zero-order valence-electron chi connectivity index (χ0n) is 14.5. The summed E-state index contributed by atoms with van der Waals surface area (Å²) in [6.45, 7) is 1.95. The summed E-state index contributed by atoms with van der Waals surface area (Å²) in [5.41, 5.74) is 0.325. The number of aryl methyl sites for hydroxylation is 1. The molecule has 0 aliphatic heterocycles. The lowest BCUT2D eigenvalue weighted by molar-refractivity contribution is -0.140. The van der Waals surface area contributed by atoms with Gasteiger partial charge in [-0.1, -0.05) is 29.5 Å². The molecule has 0 fully saturated rings. The van der Waals surface area contributed by atoms with E-state index >= 15 is 0 Å². The Morgan fingerprint density at radius 3 is 2.57 bits per heavy atom. The molecule has 1 heterocycles. The number of carbonyl (C=O) groups excluding carboxylic acids is 1. The van der Waals surface area contributed by atoms with E-state index in [2.05, 4.69) is 15.5 Å². The summed E-state index contributed by atoms with van der Waals surface area (Å²) in [6, 6.07) is 9.89. The van der Waals surface area contributed by atoms with Gasteiger partial charge >= 0.3 is 6.18 Å². The van der Waals surface area contributed by atoms with Crippen molar-refractivity contribution in [3.05, 3.63) is 65.7 Å². The summed E-state index contributed by atoms with van der Waals surface area (Å²) in [7, 11) is 0. The van der Waals surface area contributed by atoms with Gasteiger partial charge in [-0.05, 0) is 37.3 Å². The minimum atomic E-state index is -4.84. The second-order valence-electron chi connectivity index (χ2n) is 5.85. The molecule has 5 nitrogen and oxygen atoms in total. The number of halogens is 4. The molecular formula is C18H14F4N4OS. The number of rotatable bonds is 5. The molecule has 0 unspecified atom stereocenters. The number of thioether (sulfide) groups is 1. The highest BCUT2D eigenvalue weighted by Crippen LogP contribution is 2.33. The van der Waals surface area contributed by atoms with Crippen molar-refractivity contribution in [3.63, 3.8) is 0 Å². The molecule has 0 spiro atoms. The molecule has 10 heteroatoms. The van der Waals surface area contributed by atoms with E-state index in [0.29, 0.717) is 17.3 Å². The van der Waals surface area contributed by atoms with Gasteiger partial charge in [0.15, 0.2) is 5.16 Å². The third-order valence-corrected chi connectivity index (χ3v) is 4.66. The Labute approximate surface area is 161 Å². The van der Waals surface area contributed by atoms with Crippen LogP contribution >= 0.6 is 11.8 Å². The van der Waals surface area contributed by atoms with Crippen LogP contribution in [0, 0.1) is 12.7 Å². The molecule has 0 aliphatic carbocycles. The minimum Gasteiger partial charge on any atom is -0.325 e. The topological polar surface area (TPSA) is 59.8 Å². The van der Waals surface area contributed by atoms with Crippen LogP contribution in [0.5, 0.6) is 0 Å². The Kier molecular flexibility index (Phi) is 5.68. The molecule has 3 rings (SSSR count). The average Bonchev–Trinajstić information content (AvgIpc) is 3.10. The van der Waals surface area contributed by atoms with Crippen LogP contribution in [0.15, 0.2) is 53.9 Å². The molecule has 0 bridgehead atoms. The van der Waals surface area contributed by atoms with Gasteiger partial charge in [-0.25, -0.2) is 4.39 Å². The van der Waals surface area contributed by atoms with Gasteiger partial charge in [0, 0.05) is 11.4 Å². The van der Waals surface area contributed by atoms with Crippen molar-refractivity contribution in [2.75, 3.05) is 11.1 Å². The number of anilines is 1. The number of hydrogen-bond donors (Lipinski definition) is 1. The minimum absolute atomic E-state index is 0.108. The first kappa shape index (κ1) is 19.9. The van der Waals surface area contributed by atoms with Gasteiger partial charge in [-0.2, -0.15) is 13.2 Å². The molecule has 0 saturated heterocycles. The van der Waals surface area contributed by atoms with Gasteiger partial charge in [0.05, 0.1) is 11.3 Å². The van der Waals surface area contributed by atoms with Crippen molar-refractivity contribution in [1.29, 1.82) is 0 Å². The maximum atomic E-state index is 13.3. The number of nitrogens with one attached hydrogen (secondary N) is 1. The van der Waals surface area contributed by atoms with E-state index < -0.39 is 23.5 Å². The number of carbonyl (C=O) groups is 1. The van der Waals surface area contributed by atoms with E-state index in [-0.39, 0.29) is 11.4 Å². The molecule has 1 N–H and O–H groups in total. The molecule has 1 amide bonds. The number of nitrogens with zero attached hydrogens (tertiary/aromatic N) is 3. The summed E-state index contributed by atoms with van der Waals surface area (Å²) in [6.07, 6.45) is -3.34. The van der Waals surface area contributed by atoms with E-state index in [1.807, 2.05) is 31.2 Å². The standard InChI is InChI=1S/C18H14F4N4OS/c1-11-2-5-13(6-3-11)26-10-23-25-17(26)28-9-16(27)24-12-4-7-15(19)14(8-12)18(20,21)22/h2-8,10H,9H2,1H3,(H,24,27). The van der Waals surface area contributed by atoms with E-state index in [1.165, 1.54) is 6.33 Å². The molecule has 28 heavy (non-hydrogen) atoms. The maximum absolute atomic E-state index is 13.3. The molecule has 0 aliphatic rings. The van der Waals surface area contributed by atoms with Crippen LogP contribution < -0.4 is 5.32 Å². The van der Waals surface area contributed by atoms with Crippen molar-refractivity contribution in [1.82, 2.24) is 14.8 Å². The second-order valence-corrected chi connectivity index (χ2v) is 6.79. The Morgan fingerprint density at radius 2 is 1.89 bits per heavy atom. The summed E-state index contributed by atoms with van der Waals surface area (Å²) >= 11 is 1.07. The van der Waals surface area contributed by atoms with Crippen molar-refractivity contribution < 1.29 is 22.4 Å². The zero-order chi connectivity index (χ0) is 20.3. The van der Waals surface area contributed by atoms with Gasteiger partial charge in [0.1, 0.15) is 12.1 Å². The van der Waals surface area contributed by atoms with Gasteiger partial charge in [-0.3, -0.25) is 9.36 Å². The maximum Gasteiger partial charge on any atom is 0.419 e. The first-order valence-electron chi connectivity index (χ1n) is 8.00. The molecule has 146 valence electrons. The predicted octanol–water partition coefficient (Wildman–Crippen LogP) is 4.46. The third kappa shape index (κ3) is 4.69. The van der Waals surface area contributed by atoms with Crippen molar-refractivity contribution in [2.24, 2.45) is 0 Å². The molecule has 0 saturated carbocycles. The van der Waals surface area contributed by atoms with E-state index in [4.69, 9.17) is 0 Å². The third-order valence-electron chi connectivity index (χ3n) is 3.72. The lowest BCUT2D eigenvalue weighted by Crippen LogP contribution is -2.16. The fourth-order valence-electron chi connectivity index (χ4n) is 2.35. The highest BCUT2D eigenvalue weighted by atomic mass is 32.2. The molecule has 3 aromatic rings. The number of hydrogen-bond acceptors (Lipinski definition) is 4. The van der Waals surface area contributed by atoms with Crippen LogP contribution in [0.25, 0.3) is 5.69 Å². The summed E-state index contributed by atoms with van der Waals surface area (Å²) in [4.78, 5) is 12.1. The SMILES string of the molecule is Cc1ccc(-n2cnnc2SCC(=O)Nc2ccc(F)c(C(F)(F)F)c2)cc1. The normalized spacial score (nSPS) is 11.5. The predicted molar refractivity (Wildman–Crippen MR) is 96.9 cm³/mol. The van der Waals surface area contributed by atoms with Crippen LogP contribution in [-0.4, -0.2) is 26.4 Å². The van der Waals surface area contributed by atoms with E-state index in [1.54, 1.807) is 4.57 Å². The van der Waals surface area contributed by atoms with Gasteiger partial charge in [0.2, 0.25) is 5.91 Å². The van der Waals surface area contributed by atoms with Gasteiger partial charge in [-0.15, -0.1) is 10.2 Å². The molecule has 1 aromatic heterocycles. The van der Waals surface area contributed by atoms with E-state index in [9.17, 15) is 22.4 Å². The summed E-state index contributed by atoms with van der Waals surface area (Å²) < 4.78 is 53.3. The average molecular weight is 410 g/mol. The molecule has 0 atom stereocenters. The summed E-state index contributed by atoms with van der Waals surface area (Å²) in [5.74, 6) is -2.06. The van der Waals surface area contributed by atoms with Crippen LogP contribution in [0.3, 0.4) is 0 Å². The lowest BCUT2D eigenvalue weighted by atomic mass is 10.2. The summed E-state index contributed by atoms with van der Waals surface area (Å²) in [5, 5.41) is 10.6. The first-order valence-corrected chi connectivity index (χ1v) is 8.99. The number of benzene rings is 2. The van der Waals surface area contributed by atoms with E-state index in [0.717, 1.165) is 29.1 Å². The Bertz CT molecular complexity index is 986. The van der Waals surface area contributed by atoms with Crippen molar-refractivity contribution in [3.8, 4) is 5.69 Å². The number of alkyl halides is 3. The fraction of sp³-hybridized carbons (Fsp3) is 0.167. The Hall–Kier alpha value is -2.88. The van der Waals surface area contributed by atoms with Gasteiger partial charge in [0.25, 0.3) is 0 Å². The van der Waals surface area contributed by atoms with Crippen molar-refractivity contribution in [2.45, 2.75) is 18.3 Å². The molecule has 2 aromatic carbocycles. The smallest absolute Gasteiger partial charge is 0.325 e. The quantitative estimate of drug-likeness (QED) is 0.498. The zero-order valence-corrected chi connectivity index (χ0v) is 15.3. The highest BCUT2D eigenvalue weighted by molar-refractivity contribution is 7.99. The largest absolute Gasteiger partial charge is 0.419 e. The lowest BCUT2D eigenvalue weighted by Gasteiger charge is -2.11. The molecular weight excluding hydrogens is 396 g/mol. The fourth-order valence-corrected chi connectivity index (χ4v) is 3.08. The molecule has 0 radical (unpaired) electrons. The van der Waals surface area contributed by atoms with Crippen molar-refractivity contribution >= 4 is 23.4 Å². The number of amides is 1. The van der Waals surface area contributed by atoms with Gasteiger partial charge < -0.3 is 5.32 Å². The highest BCUT2D eigenvalue weighted by Gasteiger charge is 2.34. The monoisotopic (exact) mass is 410 g/mol. The van der Waals surface area contributed by atoms with Crippen LogP contribution in [0.1, 0.15) is 11.1 Å².